The maximum Gasteiger partial charge on any atom is 0.339 e. The SMILES string of the molecule is COc1ccc(Cl)cc1COC(=O)c1cc(C)nc2c1cnn2C(C)C. The van der Waals surface area contributed by atoms with Gasteiger partial charge in [-0.25, -0.2) is 14.5 Å². The van der Waals surface area contributed by atoms with Crippen molar-refractivity contribution in [2.45, 2.75) is 33.4 Å². The van der Waals surface area contributed by atoms with Crippen molar-refractivity contribution in [3.05, 3.63) is 52.3 Å². The van der Waals surface area contributed by atoms with Gasteiger partial charge < -0.3 is 9.47 Å². The van der Waals surface area contributed by atoms with Crippen LogP contribution >= 0.6 is 11.6 Å². The number of rotatable bonds is 5. The molecule has 3 aromatic rings. The minimum Gasteiger partial charge on any atom is -0.496 e. The lowest BCUT2D eigenvalue weighted by molar-refractivity contribution is 0.0472. The first kappa shape index (κ1) is 18.2. The van der Waals surface area contributed by atoms with Crippen LogP contribution in [0.1, 0.15) is 41.5 Å². The average Bonchev–Trinajstić information content (AvgIpc) is 3.02. The van der Waals surface area contributed by atoms with Crippen LogP contribution < -0.4 is 4.74 Å². The summed E-state index contributed by atoms with van der Waals surface area (Å²) < 4.78 is 12.6. The van der Waals surface area contributed by atoms with Gasteiger partial charge in [0.05, 0.1) is 24.3 Å². The first-order valence-corrected chi connectivity index (χ1v) is 8.63. The van der Waals surface area contributed by atoms with Crippen molar-refractivity contribution in [3.8, 4) is 5.75 Å². The van der Waals surface area contributed by atoms with Crippen molar-refractivity contribution in [1.29, 1.82) is 0 Å². The first-order valence-electron chi connectivity index (χ1n) is 8.25. The predicted octanol–water partition coefficient (Wildman–Crippen LogP) is 4.34. The lowest BCUT2D eigenvalue weighted by Gasteiger charge is -2.11. The van der Waals surface area contributed by atoms with Gasteiger partial charge in [-0.2, -0.15) is 5.10 Å². The summed E-state index contributed by atoms with van der Waals surface area (Å²) in [7, 11) is 1.56. The van der Waals surface area contributed by atoms with Gasteiger partial charge in [0.2, 0.25) is 0 Å². The number of halogens is 1. The fourth-order valence-corrected chi connectivity index (χ4v) is 2.97. The molecule has 7 heteroatoms. The number of carbonyl (C=O) groups is 1. The van der Waals surface area contributed by atoms with Crippen molar-refractivity contribution < 1.29 is 14.3 Å². The number of aromatic nitrogens is 3. The van der Waals surface area contributed by atoms with Crippen molar-refractivity contribution in [1.82, 2.24) is 14.8 Å². The summed E-state index contributed by atoms with van der Waals surface area (Å²) in [6, 6.07) is 7.04. The Morgan fingerprint density at radius 2 is 2.08 bits per heavy atom. The molecule has 2 aromatic heterocycles. The molecule has 0 saturated heterocycles. The number of ether oxygens (including phenoxy) is 2. The molecule has 0 aliphatic rings. The van der Waals surface area contributed by atoms with Gasteiger partial charge in [0, 0.05) is 22.3 Å². The van der Waals surface area contributed by atoms with Crippen LogP contribution in [-0.4, -0.2) is 27.8 Å². The van der Waals surface area contributed by atoms with Crippen molar-refractivity contribution >= 4 is 28.6 Å². The largest absolute Gasteiger partial charge is 0.496 e. The van der Waals surface area contributed by atoms with E-state index >= 15 is 0 Å². The minimum atomic E-state index is -0.439. The lowest BCUT2D eigenvalue weighted by atomic mass is 10.1. The van der Waals surface area contributed by atoms with Gasteiger partial charge in [0.15, 0.2) is 5.65 Å². The highest BCUT2D eigenvalue weighted by atomic mass is 35.5. The van der Waals surface area contributed by atoms with E-state index in [1.807, 2.05) is 20.8 Å². The molecule has 136 valence electrons. The Morgan fingerprint density at radius 3 is 2.77 bits per heavy atom. The Labute approximate surface area is 156 Å². The Morgan fingerprint density at radius 1 is 1.31 bits per heavy atom. The van der Waals surface area contributed by atoms with E-state index < -0.39 is 5.97 Å². The summed E-state index contributed by atoms with van der Waals surface area (Å²) in [5.41, 5.74) is 2.55. The van der Waals surface area contributed by atoms with Gasteiger partial charge in [-0.05, 0) is 45.0 Å². The molecular formula is C19H20ClN3O3. The highest BCUT2D eigenvalue weighted by Gasteiger charge is 2.18. The molecule has 26 heavy (non-hydrogen) atoms. The standard InChI is InChI=1S/C19H20ClN3O3/c1-11(2)23-18-16(9-21-23)15(7-12(3)22-18)19(24)26-10-13-8-14(20)5-6-17(13)25-4/h5-9,11H,10H2,1-4H3. The molecule has 0 amide bonds. The van der Waals surface area contributed by atoms with Crippen LogP contribution in [0.2, 0.25) is 5.02 Å². The second kappa shape index (κ2) is 7.33. The molecule has 0 spiro atoms. The number of carbonyl (C=O) groups excluding carboxylic acids is 1. The van der Waals surface area contributed by atoms with Crippen LogP contribution in [0.15, 0.2) is 30.5 Å². The molecule has 3 rings (SSSR count). The second-order valence-corrected chi connectivity index (χ2v) is 6.70. The molecular weight excluding hydrogens is 354 g/mol. The number of esters is 1. The monoisotopic (exact) mass is 373 g/mol. The molecule has 0 radical (unpaired) electrons. The second-order valence-electron chi connectivity index (χ2n) is 6.26. The zero-order valence-electron chi connectivity index (χ0n) is 15.1. The molecule has 0 fully saturated rings. The van der Waals surface area contributed by atoms with E-state index in [1.165, 1.54) is 0 Å². The molecule has 0 aliphatic heterocycles. The topological polar surface area (TPSA) is 66.2 Å². The smallest absolute Gasteiger partial charge is 0.339 e. The molecule has 0 atom stereocenters. The molecule has 1 aromatic carbocycles. The number of methoxy groups -OCH3 is 1. The fourth-order valence-electron chi connectivity index (χ4n) is 2.77. The number of benzene rings is 1. The van der Waals surface area contributed by atoms with E-state index in [2.05, 4.69) is 10.1 Å². The molecule has 0 aliphatic carbocycles. The third-order valence-electron chi connectivity index (χ3n) is 4.01. The van der Waals surface area contributed by atoms with E-state index in [0.717, 1.165) is 5.69 Å². The lowest BCUT2D eigenvalue weighted by Crippen LogP contribution is -2.09. The Kier molecular flexibility index (Phi) is 5.13. The van der Waals surface area contributed by atoms with Crippen molar-refractivity contribution in [3.63, 3.8) is 0 Å². The van der Waals surface area contributed by atoms with Crippen LogP contribution in [0, 0.1) is 6.92 Å². The zero-order chi connectivity index (χ0) is 18.8. The molecule has 2 heterocycles. The molecule has 0 N–H and O–H groups in total. The summed E-state index contributed by atoms with van der Waals surface area (Å²) in [6.07, 6.45) is 1.65. The van der Waals surface area contributed by atoms with Crippen LogP contribution in [0.5, 0.6) is 5.75 Å². The third kappa shape index (κ3) is 3.51. The van der Waals surface area contributed by atoms with Crippen LogP contribution in [0.4, 0.5) is 0 Å². The number of hydrogen-bond acceptors (Lipinski definition) is 5. The summed E-state index contributed by atoms with van der Waals surface area (Å²) in [5.74, 6) is 0.178. The summed E-state index contributed by atoms with van der Waals surface area (Å²) in [6.45, 7) is 5.93. The first-order chi connectivity index (χ1) is 12.4. The van der Waals surface area contributed by atoms with Gasteiger partial charge in [0.1, 0.15) is 12.4 Å². The summed E-state index contributed by atoms with van der Waals surface area (Å²) in [4.78, 5) is 17.2. The Hall–Kier alpha value is -2.60. The van der Waals surface area contributed by atoms with Crippen LogP contribution in [0.3, 0.4) is 0 Å². The fraction of sp³-hybridized carbons (Fsp3) is 0.316. The normalized spacial score (nSPS) is 11.2. The molecule has 0 saturated carbocycles. The highest BCUT2D eigenvalue weighted by Crippen LogP contribution is 2.25. The minimum absolute atomic E-state index is 0.0593. The number of pyridine rings is 1. The van der Waals surface area contributed by atoms with E-state index in [4.69, 9.17) is 21.1 Å². The van der Waals surface area contributed by atoms with Crippen molar-refractivity contribution in [2.24, 2.45) is 0 Å². The average molecular weight is 374 g/mol. The van der Waals surface area contributed by atoms with Gasteiger partial charge in [-0.3, -0.25) is 0 Å². The Balaban J connectivity index is 1.90. The van der Waals surface area contributed by atoms with E-state index in [0.29, 0.717) is 32.9 Å². The number of aryl methyl sites for hydroxylation is 1. The van der Waals surface area contributed by atoms with E-state index in [9.17, 15) is 4.79 Å². The van der Waals surface area contributed by atoms with Crippen LogP contribution in [0.25, 0.3) is 11.0 Å². The summed E-state index contributed by atoms with van der Waals surface area (Å²) in [5, 5.41) is 5.57. The number of nitrogens with zero attached hydrogens (tertiary/aromatic N) is 3. The van der Waals surface area contributed by atoms with E-state index in [1.54, 1.807) is 42.3 Å². The summed E-state index contributed by atoms with van der Waals surface area (Å²) >= 11 is 6.02. The maximum absolute atomic E-state index is 12.7. The van der Waals surface area contributed by atoms with E-state index in [-0.39, 0.29) is 12.6 Å². The molecule has 0 unspecified atom stereocenters. The maximum atomic E-state index is 12.7. The number of hydrogen-bond donors (Lipinski definition) is 0. The van der Waals surface area contributed by atoms with Gasteiger partial charge >= 0.3 is 5.97 Å². The quantitative estimate of drug-likeness (QED) is 0.622. The van der Waals surface area contributed by atoms with Gasteiger partial charge in [-0.15, -0.1) is 0 Å². The third-order valence-corrected chi connectivity index (χ3v) is 4.24. The molecule has 0 bridgehead atoms. The van der Waals surface area contributed by atoms with Crippen molar-refractivity contribution in [2.75, 3.05) is 7.11 Å². The van der Waals surface area contributed by atoms with Crippen LogP contribution in [-0.2, 0) is 11.3 Å². The van der Waals surface area contributed by atoms with Gasteiger partial charge in [0.25, 0.3) is 0 Å². The number of fused-ring (bicyclic) bond motifs is 1. The van der Waals surface area contributed by atoms with Gasteiger partial charge in [-0.1, -0.05) is 11.6 Å². The highest BCUT2D eigenvalue weighted by molar-refractivity contribution is 6.30. The predicted molar refractivity (Wildman–Crippen MR) is 99.8 cm³/mol. The molecule has 6 nitrogen and oxygen atoms in total. The zero-order valence-corrected chi connectivity index (χ0v) is 15.9. The Bertz CT molecular complexity index is 966.